The topological polar surface area (TPSA) is 49.6 Å². The maximum absolute atomic E-state index is 8.69. The standard InChI is InChI=1S/C7H6ClN3S/c1-4-10-6(8)5(3-9)7(11-4)12-2/h1-2H3. The molecular weight excluding hydrogens is 194 g/mol. The van der Waals surface area contributed by atoms with Gasteiger partial charge in [-0.2, -0.15) is 5.26 Å². The number of hydrogen-bond donors (Lipinski definition) is 0. The third-order valence-electron chi connectivity index (χ3n) is 1.25. The van der Waals surface area contributed by atoms with Gasteiger partial charge in [0.05, 0.1) is 0 Å². The Morgan fingerprint density at radius 2 is 2.17 bits per heavy atom. The Morgan fingerprint density at radius 1 is 1.50 bits per heavy atom. The van der Waals surface area contributed by atoms with Gasteiger partial charge in [0.2, 0.25) is 0 Å². The molecule has 0 bridgehead atoms. The number of hydrogen-bond acceptors (Lipinski definition) is 4. The average Bonchev–Trinajstić information content (AvgIpc) is 2.03. The zero-order valence-corrected chi connectivity index (χ0v) is 8.20. The van der Waals surface area contributed by atoms with E-state index in [0.29, 0.717) is 16.4 Å². The van der Waals surface area contributed by atoms with Crippen LogP contribution in [0.2, 0.25) is 5.15 Å². The SMILES string of the molecule is CSc1nc(C)nc(Cl)c1C#N. The minimum absolute atomic E-state index is 0.231. The quantitative estimate of drug-likeness (QED) is 0.513. The van der Waals surface area contributed by atoms with Gasteiger partial charge in [-0.1, -0.05) is 11.6 Å². The van der Waals surface area contributed by atoms with Crippen LogP contribution in [0.3, 0.4) is 0 Å². The van der Waals surface area contributed by atoms with E-state index in [4.69, 9.17) is 16.9 Å². The predicted octanol–water partition coefficient (Wildman–Crippen LogP) is 2.03. The van der Waals surface area contributed by atoms with Gasteiger partial charge in [0, 0.05) is 0 Å². The summed E-state index contributed by atoms with van der Waals surface area (Å²) in [6.07, 6.45) is 1.85. The number of thioether (sulfide) groups is 1. The Kier molecular flexibility index (Phi) is 2.90. The van der Waals surface area contributed by atoms with Crippen molar-refractivity contribution >= 4 is 23.4 Å². The van der Waals surface area contributed by atoms with E-state index in [1.807, 2.05) is 12.3 Å². The largest absolute Gasteiger partial charge is 0.225 e. The Balaban J connectivity index is 3.36. The molecule has 0 fully saturated rings. The molecule has 0 saturated carbocycles. The number of nitrogens with zero attached hydrogens (tertiary/aromatic N) is 3. The zero-order valence-electron chi connectivity index (χ0n) is 6.63. The van der Waals surface area contributed by atoms with Gasteiger partial charge in [-0.3, -0.25) is 0 Å². The molecular formula is C7H6ClN3S. The molecule has 5 heteroatoms. The third kappa shape index (κ3) is 1.68. The molecule has 0 N–H and O–H groups in total. The summed E-state index contributed by atoms with van der Waals surface area (Å²) in [6, 6.07) is 1.96. The summed E-state index contributed by atoms with van der Waals surface area (Å²) in [5.41, 5.74) is 0.356. The van der Waals surface area contributed by atoms with Crippen LogP contribution in [0.5, 0.6) is 0 Å². The summed E-state index contributed by atoms with van der Waals surface area (Å²) >= 11 is 7.12. The van der Waals surface area contributed by atoms with Crippen molar-refractivity contribution in [3.05, 3.63) is 16.5 Å². The van der Waals surface area contributed by atoms with Gasteiger partial charge in [-0.25, -0.2) is 9.97 Å². The van der Waals surface area contributed by atoms with Gasteiger partial charge < -0.3 is 0 Å². The smallest absolute Gasteiger partial charge is 0.151 e. The van der Waals surface area contributed by atoms with E-state index in [0.717, 1.165) is 0 Å². The molecule has 0 aliphatic heterocycles. The fraction of sp³-hybridized carbons (Fsp3) is 0.286. The molecule has 0 atom stereocenters. The zero-order chi connectivity index (χ0) is 9.14. The maximum Gasteiger partial charge on any atom is 0.151 e. The van der Waals surface area contributed by atoms with Crippen LogP contribution in [-0.2, 0) is 0 Å². The average molecular weight is 200 g/mol. The predicted molar refractivity (Wildman–Crippen MR) is 48.3 cm³/mol. The number of halogens is 1. The van der Waals surface area contributed by atoms with E-state index in [2.05, 4.69) is 9.97 Å². The van der Waals surface area contributed by atoms with Crippen molar-refractivity contribution in [2.24, 2.45) is 0 Å². The van der Waals surface area contributed by atoms with Crippen LogP contribution < -0.4 is 0 Å². The monoisotopic (exact) mass is 199 g/mol. The molecule has 0 aliphatic rings. The second kappa shape index (κ2) is 3.74. The van der Waals surface area contributed by atoms with E-state index in [1.54, 1.807) is 6.92 Å². The summed E-state index contributed by atoms with van der Waals surface area (Å²) in [6.45, 7) is 1.74. The highest BCUT2D eigenvalue weighted by molar-refractivity contribution is 7.98. The van der Waals surface area contributed by atoms with Crippen LogP contribution in [0.1, 0.15) is 11.4 Å². The van der Waals surface area contributed by atoms with Crippen molar-refractivity contribution in [1.82, 2.24) is 9.97 Å². The molecule has 3 nitrogen and oxygen atoms in total. The minimum Gasteiger partial charge on any atom is -0.225 e. The van der Waals surface area contributed by atoms with Crippen molar-refractivity contribution in [3.8, 4) is 6.07 Å². The summed E-state index contributed by atoms with van der Waals surface area (Å²) < 4.78 is 0. The van der Waals surface area contributed by atoms with Crippen molar-refractivity contribution in [2.75, 3.05) is 6.26 Å². The molecule has 0 unspecified atom stereocenters. The van der Waals surface area contributed by atoms with Gasteiger partial charge in [0.1, 0.15) is 22.5 Å². The van der Waals surface area contributed by atoms with Crippen LogP contribution >= 0.6 is 23.4 Å². The first-order valence-electron chi connectivity index (χ1n) is 3.17. The molecule has 0 spiro atoms. The van der Waals surface area contributed by atoms with Gasteiger partial charge in [0.15, 0.2) is 5.15 Å². The molecule has 0 saturated heterocycles. The van der Waals surface area contributed by atoms with Crippen LogP contribution in [0, 0.1) is 18.3 Å². The van der Waals surface area contributed by atoms with Gasteiger partial charge >= 0.3 is 0 Å². The Bertz CT molecular complexity index is 345. The number of aromatic nitrogens is 2. The van der Waals surface area contributed by atoms with E-state index in [1.165, 1.54) is 11.8 Å². The van der Waals surface area contributed by atoms with E-state index < -0.39 is 0 Å². The van der Waals surface area contributed by atoms with Gasteiger partial charge in [-0.05, 0) is 13.2 Å². The Morgan fingerprint density at radius 3 is 2.67 bits per heavy atom. The third-order valence-corrected chi connectivity index (χ3v) is 2.20. The van der Waals surface area contributed by atoms with Crippen LogP contribution in [0.4, 0.5) is 0 Å². The lowest BCUT2D eigenvalue weighted by Crippen LogP contribution is -1.95. The van der Waals surface area contributed by atoms with Crippen molar-refractivity contribution in [3.63, 3.8) is 0 Å². The second-order valence-electron chi connectivity index (χ2n) is 2.06. The molecule has 1 heterocycles. The second-order valence-corrected chi connectivity index (χ2v) is 3.21. The maximum atomic E-state index is 8.69. The van der Waals surface area contributed by atoms with E-state index in [9.17, 15) is 0 Å². The molecule has 62 valence electrons. The van der Waals surface area contributed by atoms with E-state index >= 15 is 0 Å². The number of rotatable bonds is 1. The summed E-state index contributed by atoms with van der Waals surface area (Å²) in [5.74, 6) is 0.586. The number of nitriles is 1. The molecule has 0 aliphatic carbocycles. The highest BCUT2D eigenvalue weighted by atomic mass is 35.5. The fourth-order valence-electron chi connectivity index (χ4n) is 0.756. The lowest BCUT2D eigenvalue weighted by molar-refractivity contribution is 0.957. The summed E-state index contributed by atoms with van der Waals surface area (Å²) in [5, 5.41) is 9.56. The molecule has 0 amide bonds. The lowest BCUT2D eigenvalue weighted by Gasteiger charge is -2.01. The molecule has 12 heavy (non-hydrogen) atoms. The van der Waals surface area contributed by atoms with E-state index in [-0.39, 0.29) is 5.15 Å². The summed E-state index contributed by atoms with van der Waals surface area (Å²) in [4.78, 5) is 7.94. The fourth-order valence-corrected chi connectivity index (χ4v) is 1.64. The lowest BCUT2D eigenvalue weighted by atomic mass is 10.4. The van der Waals surface area contributed by atoms with Crippen LogP contribution in [0.15, 0.2) is 5.03 Å². The summed E-state index contributed by atoms with van der Waals surface area (Å²) in [7, 11) is 0. The Labute approximate surface area is 79.8 Å². The van der Waals surface area contributed by atoms with Crippen molar-refractivity contribution in [1.29, 1.82) is 5.26 Å². The minimum atomic E-state index is 0.231. The van der Waals surface area contributed by atoms with Crippen LogP contribution in [0.25, 0.3) is 0 Å². The molecule has 0 aromatic carbocycles. The van der Waals surface area contributed by atoms with Crippen LogP contribution in [-0.4, -0.2) is 16.2 Å². The van der Waals surface area contributed by atoms with Crippen molar-refractivity contribution in [2.45, 2.75) is 11.9 Å². The Hall–Kier alpha value is -0.790. The number of aryl methyl sites for hydroxylation is 1. The molecule has 1 aromatic rings. The van der Waals surface area contributed by atoms with Crippen molar-refractivity contribution < 1.29 is 0 Å². The first-order chi connectivity index (χ1) is 5.69. The highest BCUT2D eigenvalue weighted by Gasteiger charge is 2.09. The van der Waals surface area contributed by atoms with Gasteiger partial charge in [0.25, 0.3) is 0 Å². The molecule has 1 rings (SSSR count). The normalized spacial score (nSPS) is 9.50. The highest BCUT2D eigenvalue weighted by Crippen LogP contribution is 2.22. The van der Waals surface area contributed by atoms with Gasteiger partial charge in [-0.15, -0.1) is 11.8 Å². The first kappa shape index (κ1) is 9.30. The first-order valence-corrected chi connectivity index (χ1v) is 4.77. The molecule has 1 aromatic heterocycles. The molecule has 0 radical (unpaired) electrons.